The van der Waals surface area contributed by atoms with E-state index in [1.165, 1.54) is 18.7 Å². The van der Waals surface area contributed by atoms with E-state index < -0.39 is 17.2 Å². The molecule has 9 heteroatoms. The van der Waals surface area contributed by atoms with Crippen LogP contribution in [0.4, 0.5) is 11.5 Å². The van der Waals surface area contributed by atoms with Crippen molar-refractivity contribution in [1.82, 2.24) is 9.13 Å². The smallest absolute Gasteiger partial charge is 0.332 e. The predicted molar refractivity (Wildman–Crippen MR) is 93.9 cm³/mol. The van der Waals surface area contributed by atoms with Crippen LogP contribution in [0.25, 0.3) is 0 Å². The number of carbonyl (C=O) groups is 1. The molecule has 0 amide bonds. The second kappa shape index (κ2) is 6.06. The quantitative estimate of drug-likeness (QED) is 0.784. The van der Waals surface area contributed by atoms with Crippen LogP contribution in [0, 0.1) is 0 Å². The van der Waals surface area contributed by atoms with Crippen molar-refractivity contribution in [2.75, 3.05) is 5.32 Å². The lowest BCUT2D eigenvalue weighted by Gasteiger charge is -2.22. The average molecular weight is 361 g/mol. The van der Waals surface area contributed by atoms with Crippen LogP contribution in [0.3, 0.4) is 0 Å². The van der Waals surface area contributed by atoms with Gasteiger partial charge in [0.05, 0.1) is 11.4 Å². The number of fused-ring (bicyclic) bond motifs is 1. The number of nitrogens with one attached hydrogen (secondary N) is 1. The number of nitrogens with zero attached hydrogens (tertiary/aromatic N) is 3. The zero-order valence-corrected chi connectivity index (χ0v) is 14.0. The number of carboxylic acid groups (broad SMARTS) is 1. The van der Waals surface area contributed by atoms with E-state index in [2.05, 4.69) is 10.3 Å². The third kappa shape index (κ3) is 2.87. The van der Waals surface area contributed by atoms with E-state index in [9.17, 15) is 14.4 Å². The molecule has 3 rings (SSSR count). The summed E-state index contributed by atoms with van der Waals surface area (Å²) in [5.74, 6) is -1.07. The number of aliphatic imine (C=N–C) groups is 1. The summed E-state index contributed by atoms with van der Waals surface area (Å²) in [7, 11) is 2.82. The van der Waals surface area contributed by atoms with Gasteiger partial charge in [0.1, 0.15) is 5.69 Å². The Morgan fingerprint density at radius 3 is 2.44 bits per heavy atom. The summed E-state index contributed by atoms with van der Waals surface area (Å²) < 4.78 is 2.14. The Morgan fingerprint density at radius 2 is 1.84 bits per heavy atom. The Kier molecular flexibility index (Phi) is 4.05. The first kappa shape index (κ1) is 16.7. The van der Waals surface area contributed by atoms with Crippen LogP contribution in [0.15, 0.2) is 50.6 Å². The molecular weight excluding hydrogens is 348 g/mol. The van der Waals surface area contributed by atoms with Gasteiger partial charge in [0.25, 0.3) is 5.56 Å². The van der Waals surface area contributed by atoms with E-state index in [1.807, 2.05) is 0 Å². The minimum absolute atomic E-state index is 0.0369. The SMILES string of the molecule is Cn1c2c(c(=O)n(C)c1=O)N/C(=C\C(=O)O)C(c1ccc(Cl)cc1)=N2. The second-order valence-corrected chi connectivity index (χ2v) is 5.83. The van der Waals surface area contributed by atoms with Crippen LogP contribution in [0.5, 0.6) is 0 Å². The minimum Gasteiger partial charge on any atom is -0.478 e. The molecule has 1 aromatic heterocycles. The van der Waals surface area contributed by atoms with E-state index in [4.69, 9.17) is 16.7 Å². The topological polar surface area (TPSA) is 106 Å². The summed E-state index contributed by atoms with van der Waals surface area (Å²) in [6, 6.07) is 6.61. The van der Waals surface area contributed by atoms with Gasteiger partial charge in [0, 0.05) is 30.8 Å². The third-order valence-electron chi connectivity index (χ3n) is 3.75. The number of allylic oxidation sites excluding steroid dienone is 1. The second-order valence-electron chi connectivity index (χ2n) is 5.39. The summed E-state index contributed by atoms with van der Waals surface area (Å²) in [6.45, 7) is 0. The molecule has 0 saturated heterocycles. The van der Waals surface area contributed by atoms with Crippen molar-refractivity contribution in [3.05, 3.63) is 67.5 Å². The fraction of sp³-hybridized carbons (Fsp3) is 0.125. The first-order chi connectivity index (χ1) is 11.8. The first-order valence-corrected chi connectivity index (χ1v) is 7.54. The molecule has 1 aliphatic rings. The molecule has 2 N–H and O–H groups in total. The molecule has 0 fully saturated rings. The highest BCUT2D eigenvalue weighted by atomic mass is 35.5. The molecule has 1 aliphatic heterocycles. The molecule has 0 spiro atoms. The molecule has 128 valence electrons. The highest BCUT2D eigenvalue weighted by molar-refractivity contribution is 6.30. The van der Waals surface area contributed by atoms with Crippen molar-refractivity contribution in [1.29, 1.82) is 0 Å². The molecule has 0 radical (unpaired) electrons. The molecule has 0 atom stereocenters. The first-order valence-electron chi connectivity index (χ1n) is 7.16. The number of carboxylic acids is 1. The number of halogens is 1. The summed E-state index contributed by atoms with van der Waals surface area (Å²) in [6.07, 6.45) is 0.918. The van der Waals surface area contributed by atoms with Gasteiger partial charge in [-0.2, -0.15) is 0 Å². The number of rotatable bonds is 2. The molecule has 1 aromatic carbocycles. The van der Waals surface area contributed by atoms with Gasteiger partial charge < -0.3 is 10.4 Å². The van der Waals surface area contributed by atoms with Gasteiger partial charge in [-0.1, -0.05) is 23.7 Å². The van der Waals surface area contributed by atoms with Gasteiger partial charge in [-0.05, 0) is 12.1 Å². The normalized spacial score (nSPS) is 14.7. The van der Waals surface area contributed by atoms with E-state index in [-0.39, 0.29) is 22.9 Å². The number of hydrogen-bond acceptors (Lipinski definition) is 5. The van der Waals surface area contributed by atoms with Crippen LogP contribution in [-0.4, -0.2) is 25.9 Å². The lowest BCUT2D eigenvalue weighted by Crippen LogP contribution is -2.39. The van der Waals surface area contributed by atoms with Gasteiger partial charge in [0.2, 0.25) is 0 Å². The fourth-order valence-electron chi connectivity index (χ4n) is 2.49. The maximum atomic E-state index is 12.3. The number of hydrogen-bond donors (Lipinski definition) is 2. The highest BCUT2D eigenvalue weighted by Gasteiger charge is 2.25. The van der Waals surface area contributed by atoms with Crippen molar-refractivity contribution in [2.45, 2.75) is 0 Å². The Morgan fingerprint density at radius 1 is 1.20 bits per heavy atom. The molecule has 0 aliphatic carbocycles. The molecule has 2 aromatic rings. The van der Waals surface area contributed by atoms with E-state index >= 15 is 0 Å². The van der Waals surface area contributed by atoms with Gasteiger partial charge in [-0.15, -0.1) is 0 Å². The van der Waals surface area contributed by atoms with Crippen molar-refractivity contribution < 1.29 is 9.90 Å². The Bertz CT molecular complexity index is 1060. The van der Waals surface area contributed by atoms with Gasteiger partial charge in [-0.3, -0.25) is 13.9 Å². The summed E-state index contributed by atoms with van der Waals surface area (Å²) in [5.41, 5.74) is -0.0744. The van der Waals surface area contributed by atoms with E-state index in [0.717, 1.165) is 10.6 Å². The van der Waals surface area contributed by atoms with Crippen LogP contribution in [0.1, 0.15) is 5.56 Å². The van der Waals surface area contributed by atoms with Crippen molar-refractivity contribution >= 4 is 34.8 Å². The lowest BCUT2D eigenvalue weighted by atomic mass is 10.1. The summed E-state index contributed by atoms with van der Waals surface area (Å²) in [5, 5.41) is 12.4. The van der Waals surface area contributed by atoms with E-state index in [0.29, 0.717) is 10.6 Å². The molecule has 0 unspecified atom stereocenters. The highest BCUT2D eigenvalue weighted by Crippen LogP contribution is 2.28. The van der Waals surface area contributed by atoms with Crippen molar-refractivity contribution in [3.8, 4) is 0 Å². The number of anilines is 1. The minimum atomic E-state index is -1.20. The number of aromatic nitrogens is 2. The Balaban J connectivity index is 2.33. The van der Waals surface area contributed by atoms with Crippen molar-refractivity contribution in [2.24, 2.45) is 19.1 Å². The Hall–Kier alpha value is -3.13. The molecule has 2 heterocycles. The maximum absolute atomic E-state index is 12.3. The molecule has 25 heavy (non-hydrogen) atoms. The average Bonchev–Trinajstić information content (AvgIpc) is 2.58. The van der Waals surface area contributed by atoms with Crippen LogP contribution in [-0.2, 0) is 18.9 Å². The molecular formula is C16H13ClN4O4. The zero-order chi connectivity index (χ0) is 18.3. The van der Waals surface area contributed by atoms with Gasteiger partial charge in [0.15, 0.2) is 5.82 Å². The third-order valence-corrected chi connectivity index (χ3v) is 4.00. The maximum Gasteiger partial charge on any atom is 0.332 e. The molecule has 0 bridgehead atoms. The number of benzene rings is 1. The van der Waals surface area contributed by atoms with Gasteiger partial charge in [-0.25, -0.2) is 14.6 Å². The Labute approximate surface area is 146 Å². The number of aliphatic carboxylic acids is 1. The van der Waals surface area contributed by atoms with E-state index in [1.54, 1.807) is 24.3 Å². The largest absolute Gasteiger partial charge is 0.478 e. The molecule has 0 saturated carbocycles. The van der Waals surface area contributed by atoms with Crippen LogP contribution < -0.4 is 16.6 Å². The zero-order valence-electron chi connectivity index (χ0n) is 13.3. The van der Waals surface area contributed by atoms with Crippen molar-refractivity contribution in [3.63, 3.8) is 0 Å². The lowest BCUT2D eigenvalue weighted by molar-refractivity contribution is -0.131. The summed E-state index contributed by atoms with van der Waals surface area (Å²) in [4.78, 5) is 40.0. The van der Waals surface area contributed by atoms with Crippen LogP contribution in [0.2, 0.25) is 5.02 Å². The fourth-order valence-corrected chi connectivity index (χ4v) is 2.62. The summed E-state index contributed by atoms with van der Waals surface area (Å²) >= 11 is 5.88. The molecule has 8 nitrogen and oxygen atoms in total. The van der Waals surface area contributed by atoms with Crippen LogP contribution >= 0.6 is 11.6 Å². The predicted octanol–water partition coefficient (Wildman–Crippen LogP) is 1.25. The van der Waals surface area contributed by atoms with Gasteiger partial charge >= 0.3 is 11.7 Å². The monoisotopic (exact) mass is 360 g/mol. The standard InChI is InChI=1S/C16H13ClN4O4/c1-20-14-13(15(24)21(2)16(20)25)18-10(7-11(22)23)12(19-14)8-3-5-9(17)6-4-8/h3-7,18H,1-2H3,(H,22,23)/b10-7-.